The summed E-state index contributed by atoms with van der Waals surface area (Å²) in [4.78, 5) is 5.13. The highest BCUT2D eigenvalue weighted by Crippen LogP contribution is 2.46. The standard InChI is InChI=1S/C37H39BN2Si/c1-24-8-14-28(15-9-24)39-33-19-13-26(3)20-32(33)38-31-18-12-27(4)21-34(31)40(29-16-10-25(2)11-17-29)36-23-30(41(5,6)7)22-35(39)37(36)38/h8-19,21-23,26H,20H2,1-7H3. The zero-order chi connectivity index (χ0) is 28.6. The molecule has 2 aliphatic heterocycles. The summed E-state index contributed by atoms with van der Waals surface area (Å²) >= 11 is 0. The maximum atomic E-state index is 2.57. The van der Waals surface area contributed by atoms with E-state index < -0.39 is 8.07 Å². The molecule has 4 heteroatoms. The van der Waals surface area contributed by atoms with Crippen LogP contribution in [0, 0.1) is 26.7 Å². The molecule has 0 saturated heterocycles. The fourth-order valence-electron chi connectivity index (χ4n) is 6.90. The summed E-state index contributed by atoms with van der Waals surface area (Å²) in [6, 6.07) is 30.4. The highest BCUT2D eigenvalue weighted by Gasteiger charge is 2.45. The van der Waals surface area contributed by atoms with Crippen molar-refractivity contribution < 1.29 is 0 Å². The first-order valence-corrected chi connectivity index (χ1v) is 18.5. The van der Waals surface area contributed by atoms with Gasteiger partial charge >= 0.3 is 0 Å². The highest BCUT2D eigenvalue weighted by molar-refractivity contribution is 6.96. The lowest BCUT2D eigenvalue weighted by molar-refractivity contribution is 0.716. The Balaban J connectivity index is 1.61. The molecule has 4 aromatic rings. The van der Waals surface area contributed by atoms with Gasteiger partial charge in [0, 0.05) is 34.1 Å². The van der Waals surface area contributed by atoms with E-state index in [1.807, 2.05) is 0 Å². The lowest BCUT2D eigenvalue weighted by Crippen LogP contribution is -2.57. The van der Waals surface area contributed by atoms with E-state index in [2.05, 4.69) is 148 Å². The molecule has 2 heterocycles. The predicted molar refractivity (Wildman–Crippen MR) is 182 cm³/mol. The number of anilines is 5. The number of hydrogen-bond acceptors (Lipinski definition) is 2. The van der Waals surface area contributed by atoms with Gasteiger partial charge in [0.25, 0.3) is 0 Å². The maximum Gasteiger partial charge on any atom is 0.247 e. The van der Waals surface area contributed by atoms with Crippen molar-refractivity contribution in [1.82, 2.24) is 0 Å². The van der Waals surface area contributed by atoms with Crippen LogP contribution >= 0.6 is 0 Å². The Labute approximate surface area is 247 Å². The van der Waals surface area contributed by atoms with Gasteiger partial charge in [0.1, 0.15) is 0 Å². The van der Waals surface area contributed by atoms with E-state index in [0.29, 0.717) is 5.92 Å². The van der Waals surface area contributed by atoms with Crippen molar-refractivity contribution in [3.05, 3.63) is 119 Å². The molecule has 0 amide bonds. The van der Waals surface area contributed by atoms with Crippen LogP contribution in [0.25, 0.3) is 0 Å². The molecule has 0 fully saturated rings. The van der Waals surface area contributed by atoms with E-state index in [1.54, 1.807) is 5.47 Å². The Bertz CT molecular complexity index is 1740. The molecule has 0 aromatic heterocycles. The number of fused-ring (bicyclic) bond motifs is 3. The zero-order valence-electron chi connectivity index (χ0n) is 25.4. The molecule has 204 valence electrons. The summed E-state index contributed by atoms with van der Waals surface area (Å²) < 4.78 is 0. The molecule has 2 nitrogen and oxygen atoms in total. The van der Waals surface area contributed by atoms with Gasteiger partial charge in [-0.05, 0) is 98.1 Å². The minimum atomic E-state index is -1.66. The lowest BCUT2D eigenvalue weighted by atomic mass is 9.32. The number of allylic oxidation sites excluding steroid dienone is 3. The molecule has 7 rings (SSSR count). The number of rotatable bonds is 3. The van der Waals surface area contributed by atoms with Crippen molar-refractivity contribution in [2.24, 2.45) is 5.92 Å². The molecule has 0 saturated carbocycles. The Kier molecular flexibility index (Phi) is 5.99. The number of benzene rings is 4. The minimum absolute atomic E-state index is 0.247. The fourth-order valence-corrected chi connectivity index (χ4v) is 8.04. The molecule has 1 aliphatic carbocycles. The first-order valence-electron chi connectivity index (χ1n) is 15.0. The maximum absolute atomic E-state index is 2.57. The van der Waals surface area contributed by atoms with E-state index in [-0.39, 0.29) is 6.71 Å². The molecule has 41 heavy (non-hydrogen) atoms. The number of hydrogen-bond donors (Lipinski definition) is 0. The van der Waals surface area contributed by atoms with Gasteiger partial charge in [-0.3, -0.25) is 0 Å². The first kappa shape index (κ1) is 26.2. The zero-order valence-corrected chi connectivity index (χ0v) is 26.4. The fraction of sp³-hybridized carbons (Fsp3) is 0.243. The monoisotopic (exact) mass is 550 g/mol. The van der Waals surface area contributed by atoms with Gasteiger partial charge in [-0.15, -0.1) is 0 Å². The molecule has 4 aromatic carbocycles. The molecule has 0 N–H and O–H groups in total. The van der Waals surface area contributed by atoms with Gasteiger partial charge < -0.3 is 9.80 Å². The summed E-state index contributed by atoms with van der Waals surface area (Å²) in [7, 11) is -1.66. The van der Waals surface area contributed by atoms with E-state index in [1.165, 1.54) is 66.9 Å². The van der Waals surface area contributed by atoms with Crippen LogP contribution in [0.2, 0.25) is 19.6 Å². The third-order valence-electron chi connectivity index (χ3n) is 9.14. The van der Waals surface area contributed by atoms with Crippen molar-refractivity contribution >= 4 is 59.3 Å². The van der Waals surface area contributed by atoms with E-state index in [0.717, 1.165) is 6.42 Å². The molecule has 0 spiro atoms. The van der Waals surface area contributed by atoms with Crippen molar-refractivity contribution in [2.45, 2.75) is 53.8 Å². The van der Waals surface area contributed by atoms with Crippen molar-refractivity contribution in [2.75, 3.05) is 9.80 Å². The SMILES string of the molecule is Cc1ccc(N2C3=C(CC(C)C=C3)B3c4ccc(C)cc4N(c4ccc(C)cc4)c4cc([Si](C)(C)C)cc2c43)cc1. The molecular formula is C37H39BN2Si. The Morgan fingerprint density at radius 3 is 1.85 bits per heavy atom. The first-order chi connectivity index (χ1) is 19.6. The summed E-state index contributed by atoms with van der Waals surface area (Å²) in [5.74, 6) is 0.518. The average Bonchev–Trinajstić information content (AvgIpc) is 2.93. The van der Waals surface area contributed by atoms with Crippen LogP contribution in [-0.4, -0.2) is 14.8 Å². The molecule has 0 bridgehead atoms. The van der Waals surface area contributed by atoms with Gasteiger partial charge in [0.05, 0.1) is 8.07 Å². The molecule has 1 atom stereocenters. The Morgan fingerprint density at radius 1 is 0.683 bits per heavy atom. The quantitative estimate of drug-likeness (QED) is 0.238. The largest absolute Gasteiger partial charge is 0.312 e. The van der Waals surface area contributed by atoms with Crippen LogP contribution in [0.3, 0.4) is 0 Å². The Morgan fingerprint density at radius 2 is 1.24 bits per heavy atom. The molecule has 1 unspecified atom stereocenters. The smallest absolute Gasteiger partial charge is 0.247 e. The third kappa shape index (κ3) is 4.23. The van der Waals surface area contributed by atoms with Crippen LogP contribution in [0.5, 0.6) is 0 Å². The number of nitrogens with zero attached hydrogens (tertiary/aromatic N) is 2. The van der Waals surface area contributed by atoms with E-state index in [9.17, 15) is 0 Å². The highest BCUT2D eigenvalue weighted by atomic mass is 28.3. The lowest BCUT2D eigenvalue weighted by Gasteiger charge is -2.46. The van der Waals surface area contributed by atoms with Crippen LogP contribution in [0.15, 0.2) is 102 Å². The van der Waals surface area contributed by atoms with Gasteiger partial charge in [-0.25, -0.2) is 0 Å². The summed E-state index contributed by atoms with van der Waals surface area (Å²) in [6.45, 7) is 16.6. The average molecular weight is 551 g/mol. The van der Waals surface area contributed by atoms with Gasteiger partial charge in [-0.2, -0.15) is 0 Å². The van der Waals surface area contributed by atoms with Gasteiger partial charge in [0.2, 0.25) is 6.71 Å². The van der Waals surface area contributed by atoms with Gasteiger partial charge in [-0.1, -0.05) is 90.8 Å². The minimum Gasteiger partial charge on any atom is -0.312 e. The summed E-state index contributed by atoms with van der Waals surface area (Å²) in [6.07, 6.45) is 5.89. The van der Waals surface area contributed by atoms with Crippen LogP contribution in [0.4, 0.5) is 28.4 Å². The van der Waals surface area contributed by atoms with Crippen LogP contribution < -0.4 is 25.9 Å². The number of aryl methyl sites for hydroxylation is 3. The van der Waals surface area contributed by atoms with Crippen LogP contribution in [-0.2, 0) is 0 Å². The molecule has 3 aliphatic rings. The third-order valence-corrected chi connectivity index (χ3v) is 11.2. The topological polar surface area (TPSA) is 6.48 Å². The molecular weight excluding hydrogens is 511 g/mol. The summed E-state index contributed by atoms with van der Waals surface area (Å²) in [5, 5.41) is 1.49. The van der Waals surface area contributed by atoms with Gasteiger partial charge in [0.15, 0.2) is 0 Å². The Hall–Kier alpha value is -3.76. The molecule has 0 radical (unpaired) electrons. The van der Waals surface area contributed by atoms with E-state index in [4.69, 9.17) is 0 Å². The van der Waals surface area contributed by atoms with E-state index >= 15 is 0 Å². The second-order valence-corrected chi connectivity index (χ2v) is 18.5. The second kappa shape index (κ2) is 9.39. The summed E-state index contributed by atoms with van der Waals surface area (Å²) in [5.41, 5.74) is 16.1. The van der Waals surface area contributed by atoms with Crippen molar-refractivity contribution in [1.29, 1.82) is 0 Å². The van der Waals surface area contributed by atoms with Crippen LogP contribution in [0.1, 0.15) is 30.0 Å². The predicted octanol–water partition coefficient (Wildman–Crippen LogP) is 8.09. The van der Waals surface area contributed by atoms with Crippen molar-refractivity contribution in [3.63, 3.8) is 0 Å². The second-order valence-electron chi connectivity index (χ2n) is 13.5. The van der Waals surface area contributed by atoms with Crippen molar-refractivity contribution in [3.8, 4) is 0 Å². The normalized spacial score (nSPS) is 17.4.